The summed E-state index contributed by atoms with van der Waals surface area (Å²) in [4.78, 5) is 1.70. The average Bonchev–Trinajstić information content (AvgIpc) is 2.29. The number of nitrogens with zero attached hydrogens (tertiary/aromatic N) is 1. The molecule has 1 rings (SSSR count). The smallest absolute Gasteiger partial charge is 0.371 e. The Morgan fingerprint density at radius 1 is 1.24 bits per heavy atom. The zero-order valence-corrected chi connectivity index (χ0v) is 10.4. The van der Waals surface area contributed by atoms with E-state index in [0.29, 0.717) is 25.4 Å². The zero-order valence-electron chi connectivity index (χ0n) is 9.60. The molecule has 0 spiro atoms. The number of rotatable bonds is 5. The van der Waals surface area contributed by atoms with Gasteiger partial charge in [0.05, 0.1) is 5.56 Å². The topological polar surface area (TPSA) is 3.24 Å². The van der Waals surface area contributed by atoms with Gasteiger partial charge in [-0.15, -0.1) is 11.6 Å². The highest BCUT2D eigenvalue weighted by molar-refractivity contribution is 6.17. The van der Waals surface area contributed by atoms with E-state index in [1.807, 2.05) is 6.92 Å². The van der Waals surface area contributed by atoms with Gasteiger partial charge in [0.1, 0.15) is 0 Å². The highest BCUT2D eigenvalue weighted by Crippen LogP contribution is 2.36. The maximum absolute atomic E-state index is 12.8. The molecule has 0 fully saturated rings. The molecule has 0 aliphatic carbocycles. The number of hydrogen-bond acceptors (Lipinski definition) is 1. The van der Waals surface area contributed by atoms with Gasteiger partial charge in [0.25, 0.3) is 0 Å². The van der Waals surface area contributed by atoms with Crippen LogP contribution in [0.15, 0.2) is 24.3 Å². The van der Waals surface area contributed by atoms with Crippen LogP contribution in [0.25, 0.3) is 0 Å². The van der Waals surface area contributed by atoms with E-state index in [1.54, 1.807) is 11.0 Å². The van der Waals surface area contributed by atoms with E-state index in [0.717, 1.165) is 6.07 Å². The van der Waals surface area contributed by atoms with Crippen molar-refractivity contribution in [3.8, 4) is 0 Å². The second kappa shape index (κ2) is 6.15. The molecular weight excluding hydrogens is 251 g/mol. The Balaban J connectivity index is 3.02. The Hall–Kier alpha value is -0.900. The van der Waals surface area contributed by atoms with Gasteiger partial charge in [0.2, 0.25) is 0 Å². The highest BCUT2D eigenvalue weighted by Gasteiger charge is 2.34. The van der Waals surface area contributed by atoms with E-state index in [4.69, 9.17) is 11.6 Å². The molecule has 0 aliphatic heterocycles. The van der Waals surface area contributed by atoms with Crippen molar-refractivity contribution in [2.24, 2.45) is 0 Å². The Kier molecular flexibility index (Phi) is 5.12. The third-order valence-electron chi connectivity index (χ3n) is 2.49. The second-order valence-electron chi connectivity index (χ2n) is 3.64. The van der Waals surface area contributed by atoms with E-state index in [-0.39, 0.29) is 5.69 Å². The molecule has 17 heavy (non-hydrogen) atoms. The minimum Gasteiger partial charge on any atom is -0.371 e. The summed E-state index contributed by atoms with van der Waals surface area (Å²) >= 11 is 5.57. The number of halogens is 4. The normalized spacial score (nSPS) is 11.6. The fourth-order valence-electron chi connectivity index (χ4n) is 1.69. The second-order valence-corrected chi connectivity index (χ2v) is 4.02. The van der Waals surface area contributed by atoms with E-state index < -0.39 is 11.7 Å². The van der Waals surface area contributed by atoms with Crippen LogP contribution in [0.3, 0.4) is 0 Å². The molecule has 0 saturated heterocycles. The molecule has 0 amide bonds. The molecular formula is C12H15ClF3N. The molecule has 1 nitrogen and oxygen atoms in total. The first-order valence-corrected chi connectivity index (χ1v) is 6.01. The van der Waals surface area contributed by atoms with Gasteiger partial charge in [0.15, 0.2) is 0 Å². The highest BCUT2D eigenvalue weighted by atomic mass is 35.5. The van der Waals surface area contributed by atoms with Crippen LogP contribution >= 0.6 is 11.6 Å². The van der Waals surface area contributed by atoms with Crippen LogP contribution in [-0.2, 0) is 6.18 Å². The third kappa shape index (κ3) is 3.80. The van der Waals surface area contributed by atoms with Crippen LogP contribution in [0.1, 0.15) is 18.9 Å². The minimum atomic E-state index is -4.31. The van der Waals surface area contributed by atoms with Gasteiger partial charge in [-0.05, 0) is 25.5 Å². The molecule has 5 heteroatoms. The van der Waals surface area contributed by atoms with Gasteiger partial charge in [0, 0.05) is 24.7 Å². The largest absolute Gasteiger partial charge is 0.418 e. The lowest BCUT2D eigenvalue weighted by Crippen LogP contribution is -2.27. The standard InChI is InChI=1S/C12H15ClF3N/c1-2-17(9-5-8-13)11-7-4-3-6-10(11)12(14,15)16/h3-4,6-7H,2,5,8-9H2,1H3. The number of alkyl halides is 4. The monoisotopic (exact) mass is 265 g/mol. The van der Waals surface area contributed by atoms with Crippen molar-refractivity contribution >= 4 is 17.3 Å². The molecule has 0 aliphatic rings. The fourth-order valence-corrected chi connectivity index (χ4v) is 1.81. The Labute approximate surface area is 104 Å². The molecule has 0 radical (unpaired) electrons. The van der Waals surface area contributed by atoms with Gasteiger partial charge < -0.3 is 4.90 Å². The number of benzene rings is 1. The Morgan fingerprint density at radius 2 is 1.88 bits per heavy atom. The predicted molar refractivity (Wildman–Crippen MR) is 64.7 cm³/mol. The van der Waals surface area contributed by atoms with Gasteiger partial charge in [-0.1, -0.05) is 12.1 Å². The molecule has 0 unspecified atom stereocenters. The van der Waals surface area contributed by atoms with Crippen LogP contribution in [0.4, 0.5) is 18.9 Å². The van der Waals surface area contributed by atoms with E-state index >= 15 is 0 Å². The summed E-state index contributed by atoms with van der Waals surface area (Å²) in [6, 6.07) is 5.63. The summed E-state index contributed by atoms with van der Waals surface area (Å²) < 4.78 is 38.4. The van der Waals surface area contributed by atoms with Crippen molar-refractivity contribution in [1.82, 2.24) is 0 Å². The summed E-state index contributed by atoms with van der Waals surface area (Å²) in [6.45, 7) is 2.90. The van der Waals surface area contributed by atoms with Crippen molar-refractivity contribution in [3.63, 3.8) is 0 Å². The summed E-state index contributed by atoms with van der Waals surface area (Å²) in [7, 11) is 0. The first kappa shape index (κ1) is 14.2. The fraction of sp³-hybridized carbons (Fsp3) is 0.500. The van der Waals surface area contributed by atoms with Gasteiger partial charge in [-0.3, -0.25) is 0 Å². The van der Waals surface area contributed by atoms with E-state index in [9.17, 15) is 13.2 Å². The lowest BCUT2D eigenvalue weighted by Gasteiger charge is -2.26. The molecule has 0 bridgehead atoms. The molecule has 0 N–H and O–H groups in total. The SMILES string of the molecule is CCN(CCCCl)c1ccccc1C(F)(F)F. The van der Waals surface area contributed by atoms with Crippen LogP contribution in [-0.4, -0.2) is 19.0 Å². The van der Waals surface area contributed by atoms with Crippen molar-refractivity contribution in [1.29, 1.82) is 0 Å². The molecule has 1 aromatic carbocycles. The van der Waals surface area contributed by atoms with Gasteiger partial charge in [-0.25, -0.2) is 0 Å². The minimum absolute atomic E-state index is 0.229. The van der Waals surface area contributed by atoms with Gasteiger partial charge >= 0.3 is 6.18 Å². The summed E-state index contributed by atoms with van der Waals surface area (Å²) in [6.07, 6.45) is -3.65. The van der Waals surface area contributed by atoms with E-state index in [1.165, 1.54) is 12.1 Å². The molecule has 0 saturated carbocycles. The molecule has 0 aromatic heterocycles. The van der Waals surface area contributed by atoms with Crippen molar-refractivity contribution in [2.75, 3.05) is 23.9 Å². The van der Waals surface area contributed by atoms with Crippen LogP contribution in [0.2, 0.25) is 0 Å². The predicted octanol–water partition coefficient (Wildman–Crippen LogP) is 4.16. The molecule has 1 aromatic rings. The maximum atomic E-state index is 12.8. The van der Waals surface area contributed by atoms with Crippen LogP contribution in [0.5, 0.6) is 0 Å². The number of anilines is 1. The maximum Gasteiger partial charge on any atom is 0.418 e. The summed E-state index contributed by atoms with van der Waals surface area (Å²) in [5.74, 6) is 0.449. The molecule has 96 valence electrons. The Bertz CT molecular complexity index is 352. The summed E-state index contributed by atoms with van der Waals surface area (Å²) in [5.41, 5.74) is -0.357. The summed E-state index contributed by atoms with van der Waals surface area (Å²) in [5, 5.41) is 0. The Morgan fingerprint density at radius 3 is 2.41 bits per heavy atom. The first-order chi connectivity index (χ1) is 8.00. The van der Waals surface area contributed by atoms with E-state index in [2.05, 4.69) is 0 Å². The first-order valence-electron chi connectivity index (χ1n) is 5.47. The zero-order chi connectivity index (χ0) is 12.9. The van der Waals surface area contributed by atoms with Crippen molar-refractivity contribution in [2.45, 2.75) is 19.5 Å². The van der Waals surface area contributed by atoms with Gasteiger partial charge in [-0.2, -0.15) is 13.2 Å². The molecule has 0 atom stereocenters. The van der Waals surface area contributed by atoms with Crippen LogP contribution in [0, 0.1) is 0 Å². The third-order valence-corrected chi connectivity index (χ3v) is 2.76. The van der Waals surface area contributed by atoms with Crippen molar-refractivity contribution in [3.05, 3.63) is 29.8 Å². The number of para-hydroxylation sites is 1. The lowest BCUT2D eigenvalue weighted by molar-refractivity contribution is -0.137. The lowest BCUT2D eigenvalue weighted by atomic mass is 10.1. The molecule has 0 heterocycles. The average molecular weight is 266 g/mol. The number of hydrogen-bond donors (Lipinski definition) is 0. The van der Waals surface area contributed by atoms with Crippen LogP contribution < -0.4 is 4.90 Å². The van der Waals surface area contributed by atoms with Crippen molar-refractivity contribution < 1.29 is 13.2 Å². The quantitative estimate of drug-likeness (QED) is 0.723.